The van der Waals surface area contributed by atoms with Crippen molar-refractivity contribution in [2.24, 2.45) is 0 Å². The fourth-order valence-corrected chi connectivity index (χ4v) is 4.13. The van der Waals surface area contributed by atoms with Crippen molar-refractivity contribution in [3.8, 4) is 0 Å². The maximum atomic E-state index is 13.3. The van der Waals surface area contributed by atoms with E-state index < -0.39 is 23.8 Å². The fraction of sp³-hybridized carbons (Fsp3) is 0.318. The van der Waals surface area contributed by atoms with Gasteiger partial charge in [-0.3, -0.25) is 9.59 Å². The molecule has 1 N–H and O–H groups in total. The van der Waals surface area contributed by atoms with Gasteiger partial charge in [-0.25, -0.2) is 14.1 Å². The molecule has 2 aromatic carbocycles. The summed E-state index contributed by atoms with van der Waals surface area (Å²) < 4.78 is 13.3. The number of hydrogen-bond donors (Lipinski definition) is 1. The quantitative estimate of drug-likeness (QED) is 0.780. The Bertz CT molecular complexity index is 911. The smallest absolute Gasteiger partial charge is 0.326 e. The molecule has 0 spiro atoms. The molecule has 2 aromatic rings. The molecule has 0 radical (unpaired) electrons. The summed E-state index contributed by atoms with van der Waals surface area (Å²) in [6.45, 7) is 0. The second kappa shape index (κ2) is 8.03. The van der Waals surface area contributed by atoms with Gasteiger partial charge in [0.2, 0.25) is 5.91 Å². The molecule has 2 fully saturated rings. The van der Waals surface area contributed by atoms with Crippen LogP contribution >= 0.6 is 0 Å². The predicted octanol–water partition coefficient (Wildman–Crippen LogP) is 3.93. The number of nitrogens with one attached hydrogen (secondary N) is 1. The number of hydrogen-bond acceptors (Lipinski definition) is 3. The monoisotopic (exact) mass is 395 g/mol. The van der Waals surface area contributed by atoms with Crippen molar-refractivity contribution >= 4 is 29.2 Å². The zero-order valence-corrected chi connectivity index (χ0v) is 15.9. The van der Waals surface area contributed by atoms with Crippen LogP contribution in [0.2, 0.25) is 0 Å². The summed E-state index contributed by atoms with van der Waals surface area (Å²) in [7, 11) is 0. The van der Waals surface area contributed by atoms with Crippen molar-refractivity contribution in [3.05, 3.63) is 60.4 Å². The van der Waals surface area contributed by atoms with Gasteiger partial charge in [0.1, 0.15) is 11.9 Å². The van der Waals surface area contributed by atoms with Crippen LogP contribution in [-0.2, 0) is 9.59 Å². The third-order valence-electron chi connectivity index (χ3n) is 5.49. The van der Waals surface area contributed by atoms with Crippen LogP contribution < -0.4 is 10.2 Å². The highest BCUT2D eigenvalue weighted by molar-refractivity contribution is 6.22. The highest BCUT2D eigenvalue weighted by Crippen LogP contribution is 2.34. The van der Waals surface area contributed by atoms with Gasteiger partial charge < -0.3 is 10.2 Å². The van der Waals surface area contributed by atoms with E-state index in [1.807, 2.05) is 6.07 Å². The van der Waals surface area contributed by atoms with E-state index in [1.54, 1.807) is 29.2 Å². The lowest BCUT2D eigenvalue weighted by Gasteiger charge is -2.27. The lowest BCUT2D eigenvalue weighted by molar-refractivity contribution is -0.124. The molecule has 1 aliphatic heterocycles. The Morgan fingerprint density at radius 3 is 2.31 bits per heavy atom. The number of anilines is 2. The molecule has 29 heavy (non-hydrogen) atoms. The van der Waals surface area contributed by atoms with Crippen LogP contribution in [0.5, 0.6) is 0 Å². The molecular formula is C22H22FN3O3. The van der Waals surface area contributed by atoms with Crippen molar-refractivity contribution in [3.63, 3.8) is 0 Å². The van der Waals surface area contributed by atoms with Crippen LogP contribution in [0.15, 0.2) is 54.6 Å². The minimum Gasteiger partial charge on any atom is -0.326 e. The molecule has 1 aliphatic carbocycles. The van der Waals surface area contributed by atoms with Gasteiger partial charge >= 0.3 is 6.03 Å². The number of para-hydroxylation sites is 1. The molecule has 1 saturated carbocycles. The van der Waals surface area contributed by atoms with Crippen molar-refractivity contribution in [1.29, 1.82) is 0 Å². The van der Waals surface area contributed by atoms with E-state index in [0.717, 1.165) is 30.6 Å². The minimum absolute atomic E-state index is 0.0635. The standard InChI is InChI=1S/C22H22FN3O3/c23-15-10-12-18(13-11-15)26-21(28)19(25(22(26)29)17-8-4-5-9-17)14-20(27)24-16-6-2-1-3-7-16/h1-3,6-7,10-13,17,19H,4-5,8-9,14H2,(H,24,27)/t19-/m1/s1. The van der Waals surface area contributed by atoms with Crippen molar-refractivity contribution in [2.75, 3.05) is 10.2 Å². The molecule has 7 heteroatoms. The molecule has 1 atom stereocenters. The molecule has 6 nitrogen and oxygen atoms in total. The zero-order chi connectivity index (χ0) is 20.4. The number of carbonyl (C=O) groups excluding carboxylic acids is 3. The molecular weight excluding hydrogens is 373 g/mol. The first kappa shape index (κ1) is 19.1. The van der Waals surface area contributed by atoms with E-state index >= 15 is 0 Å². The Balaban J connectivity index is 1.58. The number of benzene rings is 2. The van der Waals surface area contributed by atoms with Gasteiger partial charge in [-0.2, -0.15) is 0 Å². The largest absolute Gasteiger partial charge is 0.332 e. The lowest BCUT2D eigenvalue weighted by Crippen LogP contribution is -2.43. The number of amides is 4. The van der Waals surface area contributed by atoms with Gasteiger partial charge in [0.15, 0.2) is 0 Å². The summed E-state index contributed by atoms with van der Waals surface area (Å²) in [5, 5.41) is 2.78. The SMILES string of the molecule is O=C(C[C@@H]1C(=O)N(c2ccc(F)cc2)C(=O)N1C1CCCC1)Nc1ccccc1. The van der Waals surface area contributed by atoms with E-state index in [0.29, 0.717) is 11.4 Å². The summed E-state index contributed by atoms with van der Waals surface area (Å²) in [6, 6.07) is 12.9. The van der Waals surface area contributed by atoms with Crippen LogP contribution in [0, 0.1) is 5.82 Å². The molecule has 1 saturated heterocycles. The van der Waals surface area contributed by atoms with Crippen LogP contribution in [0.3, 0.4) is 0 Å². The fourth-order valence-electron chi connectivity index (χ4n) is 4.13. The van der Waals surface area contributed by atoms with E-state index in [9.17, 15) is 18.8 Å². The Labute approximate surface area is 168 Å². The molecule has 0 aromatic heterocycles. The van der Waals surface area contributed by atoms with Crippen LogP contribution in [0.4, 0.5) is 20.6 Å². The van der Waals surface area contributed by atoms with Crippen LogP contribution in [-0.4, -0.2) is 34.8 Å². The normalized spacial score (nSPS) is 19.8. The average molecular weight is 395 g/mol. The molecule has 1 heterocycles. The van der Waals surface area contributed by atoms with Crippen molar-refractivity contribution in [2.45, 2.75) is 44.2 Å². The molecule has 4 amide bonds. The Morgan fingerprint density at radius 1 is 1.00 bits per heavy atom. The van der Waals surface area contributed by atoms with Gasteiger partial charge in [0.05, 0.1) is 12.1 Å². The third-order valence-corrected chi connectivity index (χ3v) is 5.49. The number of imide groups is 1. The van der Waals surface area contributed by atoms with E-state index in [1.165, 1.54) is 24.3 Å². The Morgan fingerprint density at radius 2 is 1.66 bits per heavy atom. The second-order valence-corrected chi connectivity index (χ2v) is 7.41. The summed E-state index contributed by atoms with van der Waals surface area (Å²) in [4.78, 5) is 41.5. The second-order valence-electron chi connectivity index (χ2n) is 7.41. The topological polar surface area (TPSA) is 69.7 Å². The van der Waals surface area contributed by atoms with E-state index in [4.69, 9.17) is 0 Å². The first-order chi connectivity index (χ1) is 14.0. The minimum atomic E-state index is -0.862. The maximum absolute atomic E-state index is 13.3. The molecule has 0 bridgehead atoms. The Hall–Kier alpha value is -3.22. The summed E-state index contributed by atoms with van der Waals surface area (Å²) >= 11 is 0. The number of urea groups is 1. The number of halogens is 1. The Kier molecular flexibility index (Phi) is 5.29. The first-order valence-electron chi connectivity index (χ1n) is 9.81. The van der Waals surface area contributed by atoms with Gasteiger partial charge in [0, 0.05) is 11.7 Å². The number of carbonyl (C=O) groups is 3. The van der Waals surface area contributed by atoms with Gasteiger partial charge in [-0.15, -0.1) is 0 Å². The molecule has 4 rings (SSSR count). The van der Waals surface area contributed by atoms with Crippen LogP contribution in [0.1, 0.15) is 32.1 Å². The summed E-state index contributed by atoms with van der Waals surface area (Å²) in [5.41, 5.74) is 0.951. The van der Waals surface area contributed by atoms with Gasteiger partial charge in [-0.1, -0.05) is 31.0 Å². The first-order valence-corrected chi connectivity index (χ1v) is 9.81. The molecule has 2 aliphatic rings. The number of rotatable bonds is 5. The maximum Gasteiger partial charge on any atom is 0.332 e. The summed E-state index contributed by atoms with van der Waals surface area (Å²) in [6.07, 6.45) is 3.48. The highest BCUT2D eigenvalue weighted by atomic mass is 19.1. The lowest BCUT2D eigenvalue weighted by atomic mass is 10.1. The zero-order valence-electron chi connectivity index (χ0n) is 15.9. The highest BCUT2D eigenvalue weighted by Gasteiger charge is 2.49. The van der Waals surface area contributed by atoms with Gasteiger partial charge in [0.25, 0.3) is 5.91 Å². The van der Waals surface area contributed by atoms with E-state index in [2.05, 4.69) is 5.32 Å². The molecule has 0 unspecified atom stereocenters. The van der Waals surface area contributed by atoms with Gasteiger partial charge in [-0.05, 0) is 49.2 Å². The third kappa shape index (κ3) is 3.85. The van der Waals surface area contributed by atoms with Crippen molar-refractivity contribution in [1.82, 2.24) is 4.90 Å². The summed E-state index contributed by atoms with van der Waals surface area (Å²) in [5.74, 6) is -1.22. The van der Waals surface area contributed by atoms with Crippen molar-refractivity contribution < 1.29 is 18.8 Å². The predicted molar refractivity (Wildman–Crippen MR) is 107 cm³/mol. The number of nitrogens with zero attached hydrogens (tertiary/aromatic N) is 2. The van der Waals surface area contributed by atoms with E-state index in [-0.39, 0.29) is 18.4 Å². The average Bonchev–Trinajstić information content (AvgIpc) is 3.31. The van der Waals surface area contributed by atoms with Crippen LogP contribution in [0.25, 0.3) is 0 Å². The molecule has 150 valence electrons.